The number of hydrogen-bond donors (Lipinski definition) is 2. The SMILES string of the molecule is CC(C)(C)c1ccc(C(=O)NCC(=O)NCCc2ccccc2)cc1. The van der Waals surface area contributed by atoms with E-state index in [0.29, 0.717) is 12.1 Å². The summed E-state index contributed by atoms with van der Waals surface area (Å²) in [7, 11) is 0. The van der Waals surface area contributed by atoms with Crippen LogP contribution in [0.2, 0.25) is 0 Å². The predicted molar refractivity (Wildman–Crippen MR) is 101 cm³/mol. The minimum absolute atomic E-state index is 0.0192. The summed E-state index contributed by atoms with van der Waals surface area (Å²) >= 11 is 0. The van der Waals surface area contributed by atoms with Crippen LogP contribution in [0.25, 0.3) is 0 Å². The maximum atomic E-state index is 12.1. The topological polar surface area (TPSA) is 58.2 Å². The van der Waals surface area contributed by atoms with Gasteiger partial charge < -0.3 is 10.6 Å². The third kappa shape index (κ3) is 6.07. The van der Waals surface area contributed by atoms with E-state index in [1.807, 2.05) is 42.5 Å². The summed E-state index contributed by atoms with van der Waals surface area (Å²) in [6.07, 6.45) is 0.773. The Hall–Kier alpha value is -2.62. The van der Waals surface area contributed by atoms with Crippen LogP contribution in [-0.2, 0) is 16.6 Å². The number of rotatable bonds is 6. The van der Waals surface area contributed by atoms with Gasteiger partial charge in [0.05, 0.1) is 6.54 Å². The van der Waals surface area contributed by atoms with E-state index in [0.717, 1.165) is 6.42 Å². The van der Waals surface area contributed by atoms with Crippen molar-refractivity contribution in [2.45, 2.75) is 32.6 Å². The van der Waals surface area contributed by atoms with Gasteiger partial charge in [-0.05, 0) is 35.1 Å². The molecule has 25 heavy (non-hydrogen) atoms. The maximum Gasteiger partial charge on any atom is 0.251 e. The lowest BCUT2D eigenvalue weighted by atomic mass is 9.87. The van der Waals surface area contributed by atoms with Crippen molar-refractivity contribution in [3.8, 4) is 0 Å². The van der Waals surface area contributed by atoms with Crippen LogP contribution in [0.5, 0.6) is 0 Å². The largest absolute Gasteiger partial charge is 0.354 e. The molecular weight excluding hydrogens is 312 g/mol. The molecule has 0 aromatic heterocycles. The highest BCUT2D eigenvalue weighted by Gasteiger charge is 2.14. The van der Waals surface area contributed by atoms with E-state index < -0.39 is 0 Å². The van der Waals surface area contributed by atoms with Gasteiger partial charge in [-0.25, -0.2) is 0 Å². The molecule has 0 radical (unpaired) electrons. The zero-order chi connectivity index (χ0) is 18.3. The summed E-state index contributed by atoms with van der Waals surface area (Å²) < 4.78 is 0. The first kappa shape index (κ1) is 18.7. The lowest BCUT2D eigenvalue weighted by Crippen LogP contribution is -2.37. The molecule has 132 valence electrons. The van der Waals surface area contributed by atoms with E-state index in [4.69, 9.17) is 0 Å². The van der Waals surface area contributed by atoms with Crippen LogP contribution >= 0.6 is 0 Å². The van der Waals surface area contributed by atoms with Crippen LogP contribution < -0.4 is 10.6 Å². The Morgan fingerprint density at radius 3 is 2.12 bits per heavy atom. The standard InChI is InChI=1S/C21H26N2O2/c1-21(2,3)18-11-9-17(10-12-18)20(25)23-15-19(24)22-14-13-16-7-5-4-6-8-16/h4-12H,13-15H2,1-3H3,(H,22,24)(H,23,25). The molecule has 2 N–H and O–H groups in total. The first-order valence-electron chi connectivity index (χ1n) is 8.55. The summed E-state index contributed by atoms with van der Waals surface area (Å²) in [5.41, 5.74) is 2.95. The average Bonchev–Trinajstić information content (AvgIpc) is 2.60. The van der Waals surface area contributed by atoms with Gasteiger partial charge in [0, 0.05) is 12.1 Å². The van der Waals surface area contributed by atoms with Crippen LogP contribution in [-0.4, -0.2) is 24.9 Å². The van der Waals surface area contributed by atoms with Crippen LogP contribution in [0.1, 0.15) is 42.3 Å². The molecule has 0 saturated carbocycles. The smallest absolute Gasteiger partial charge is 0.251 e. The van der Waals surface area contributed by atoms with Gasteiger partial charge in [0.25, 0.3) is 5.91 Å². The van der Waals surface area contributed by atoms with Crippen LogP contribution in [0.3, 0.4) is 0 Å². The first-order valence-corrected chi connectivity index (χ1v) is 8.55. The Kier molecular flexibility index (Phi) is 6.34. The molecule has 2 aromatic rings. The molecule has 2 rings (SSSR count). The number of amides is 2. The van der Waals surface area contributed by atoms with Crippen molar-refractivity contribution in [2.24, 2.45) is 0 Å². The van der Waals surface area contributed by atoms with Crippen LogP contribution in [0, 0.1) is 0 Å². The van der Waals surface area contributed by atoms with Crippen LogP contribution in [0.4, 0.5) is 0 Å². The molecule has 0 aliphatic carbocycles. The van der Waals surface area contributed by atoms with Gasteiger partial charge in [-0.15, -0.1) is 0 Å². The minimum atomic E-state index is -0.237. The van der Waals surface area contributed by atoms with Gasteiger partial charge in [-0.3, -0.25) is 9.59 Å². The molecule has 0 saturated heterocycles. The predicted octanol–water partition coefficient (Wildman–Crippen LogP) is 3.07. The van der Waals surface area contributed by atoms with Gasteiger partial charge in [0.1, 0.15) is 0 Å². The molecule has 0 aliphatic heterocycles. The number of hydrogen-bond acceptors (Lipinski definition) is 2. The summed E-state index contributed by atoms with van der Waals surface area (Å²) in [6.45, 7) is 6.92. The van der Waals surface area contributed by atoms with Gasteiger partial charge in [-0.1, -0.05) is 63.2 Å². The second-order valence-corrected chi connectivity index (χ2v) is 7.10. The van der Waals surface area contributed by atoms with E-state index in [2.05, 4.69) is 31.4 Å². The second-order valence-electron chi connectivity index (χ2n) is 7.10. The van der Waals surface area contributed by atoms with E-state index in [9.17, 15) is 9.59 Å². The number of nitrogens with one attached hydrogen (secondary N) is 2. The summed E-state index contributed by atoms with van der Waals surface area (Å²) in [4.78, 5) is 23.9. The lowest BCUT2D eigenvalue weighted by molar-refractivity contribution is -0.120. The molecule has 2 amide bonds. The summed E-state index contributed by atoms with van der Waals surface area (Å²) in [5.74, 6) is -0.422. The Morgan fingerprint density at radius 1 is 0.880 bits per heavy atom. The molecular formula is C21H26N2O2. The van der Waals surface area contributed by atoms with Crippen molar-refractivity contribution in [3.63, 3.8) is 0 Å². The van der Waals surface area contributed by atoms with Gasteiger partial charge in [-0.2, -0.15) is 0 Å². The van der Waals surface area contributed by atoms with Crippen molar-refractivity contribution < 1.29 is 9.59 Å². The minimum Gasteiger partial charge on any atom is -0.354 e. The zero-order valence-corrected chi connectivity index (χ0v) is 15.1. The van der Waals surface area contributed by atoms with Gasteiger partial charge >= 0.3 is 0 Å². The second kappa shape index (κ2) is 8.47. The quantitative estimate of drug-likeness (QED) is 0.850. The lowest BCUT2D eigenvalue weighted by Gasteiger charge is -2.19. The first-order chi connectivity index (χ1) is 11.9. The van der Waals surface area contributed by atoms with E-state index in [-0.39, 0.29) is 23.8 Å². The molecule has 0 spiro atoms. The van der Waals surface area contributed by atoms with E-state index in [1.165, 1.54) is 11.1 Å². The van der Waals surface area contributed by atoms with Crippen molar-refractivity contribution in [2.75, 3.05) is 13.1 Å². The highest BCUT2D eigenvalue weighted by atomic mass is 16.2. The van der Waals surface area contributed by atoms with Crippen LogP contribution in [0.15, 0.2) is 54.6 Å². The fourth-order valence-electron chi connectivity index (χ4n) is 2.44. The highest BCUT2D eigenvalue weighted by molar-refractivity contribution is 5.96. The monoisotopic (exact) mass is 338 g/mol. The fourth-order valence-corrected chi connectivity index (χ4v) is 2.44. The molecule has 0 bridgehead atoms. The molecule has 0 atom stereocenters. The molecule has 2 aromatic carbocycles. The third-order valence-electron chi connectivity index (χ3n) is 4.00. The van der Waals surface area contributed by atoms with Crippen molar-refractivity contribution in [1.29, 1.82) is 0 Å². The molecule has 4 nitrogen and oxygen atoms in total. The summed E-state index contributed by atoms with van der Waals surface area (Å²) in [5, 5.41) is 5.47. The highest BCUT2D eigenvalue weighted by Crippen LogP contribution is 2.22. The Bertz CT molecular complexity index is 701. The van der Waals surface area contributed by atoms with Crippen molar-refractivity contribution >= 4 is 11.8 Å². The molecule has 4 heteroatoms. The summed E-state index contributed by atoms with van der Waals surface area (Å²) in [6, 6.07) is 17.5. The Labute approximate surface area is 149 Å². The van der Waals surface area contributed by atoms with Gasteiger partial charge in [0.15, 0.2) is 0 Å². The zero-order valence-electron chi connectivity index (χ0n) is 15.1. The molecule has 0 heterocycles. The third-order valence-corrected chi connectivity index (χ3v) is 4.00. The van der Waals surface area contributed by atoms with E-state index >= 15 is 0 Å². The Balaban J connectivity index is 1.74. The number of carbonyl (C=O) groups is 2. The molecule has 0 fully saturated rings. The van der Waals surface area contributed by atoms with E-state index in [1.54, 1.807) is 12.1 Å². The average molecular weight is 338 g/mol. The normalized spacial score (nSPS) is 11.0. The Morgan fingerprint density at radius 2 is 1.52 bits per heavy atom. The number of carbonyl (C=O) groups excluding carboxylic acids is 2. The number of benzene rings is 2. The molecule has 0 aliphatic rings. The fraction of sp³-hybridized carbons (Fsp3) is 0.333. The molecule has 0 unspecified atom stereocenters. The van der Waals surface area contributed by atoms with Crippen molar-refractivity contribution in [1.82, 2.24) is 10.6 Å². The van der Waals surface area contributed by atoms with Gasteiger partial charge in [0.2, 0.25) is 5.91 Å². The van der Waals surface area contributed by atoms with Crippen molar-refractivity contribution in [3.05, 3.63) is 71.3 Å². The maximum absolute atomic E-state index is 12.1.